The lowest BCUT2D eigenvalue weighted by molar-refractivity contribution is -0.385. The molecule has 37 heavy (non-hydrogen) atoms. The first-order chi connectivity index (χ1) is 18.1. The van der Waals surface area contributed by atoms with E-state index < -0.39 is 4.92 Å². The fourth-order valence-corrected chi connectivity index (χ4v) is 4.87. The molecule has 9 heteroatoms. The fraction of sp³-hybridized carbons (Fsp3) is 0.250. The third-order valence-corrected chi connectivity index (χ3v) is 6.57. The van der Waals surface area contributed by atoms with Gasteiger partial charge < -0.3 is 9.47 Å². The number of halogens is 1. The largest absolute Gasteiger partial charge is 0.489 e. The number of non-ortho nitro benzene ring substituents is 1. The third-order valence-electron chi connectivity index (χ3n) is 6.46. The third kappa shape index (κ3) is 6.28. The number of likely N-dealkylation sites (tertiary alicyclic amines) is 1. The second kappa shape index (κ2) is 11.5. The highest BCUT2D eigenvalue weighted by atomic mass is 35.5. The lowest BCUT2D eigenvalue weighted by Crippen LogP contribution is -2.44. The van der Waals surface area contributed by atoms with E-state index in [2.05, 4.69) is 28.3 Å². The number of nitrogens with zero attached hydrogens (tertiary/aromatic N) is 4. The Morgan fingerprint density at radius 3 is 2.57 bits per heavy atom. The van der Waals surface area contributed by atoms with Crippen LogP contribution in [0.1, 0.15) is 23.5 Å². The first-order valence-electron chi connectivity index (χ1n) is 12.1. The van der Waals surface area contributed by atoms with Crippen LogP contribution in [0.2, 0.25) is 0 Å². The van der Waals surface area contributed by atoms with Gasteiger partial charge in [-0.2, -0.15) is 5.10 Å². The minimum Gasteiger partial charge on any atom is -0.489 e. The van der Waals surface area contributed by atoms with Gasteiger partial charge in [0.15, 0.2) is 6.07 Å². The maximum absolute atomic E-state index is 11.2. The van der Waals surface area contributed by atoms with E-state index in [1.165, 1.54) is 17.7 Å². The molecule has 0 radical (unpaired) electrons. The standard InChI is InChI=1S/C28H27ClN4O4/c29-20-36-26-11-9-24(10-12-26)32-18-23(15-30-32)22-13-28(37-27-8-4-7-25(14-27)33(34)35)19-31(17-22)16-21-5-2-1-3-6-21/h1-12,14-15,18,22,28H,13,16-17,19-20H2. The maximum atomic E-state index is 11.2. The van der Waals surface area contributed by atoms with Crippen molar-refractivity contribution in [2.75, 3.05) is 19.2 Å². The topological polar surface area (TPSA) is 82.7 Å². The molecule has 3 aromatic carbocycles. The van der Waals surface area contributed by atoms with Crippen LogP contribution in [0.4, 0.5) is 5.69 Å². The molecule has 0 spiro atoms. The molecule has 1 aliphatic heterocycles. The predicted molar refractivity (Wildman–Crippen MR) is 142 cm³/mol. The molecule has 2 unspecified atom stereocenters. The van der Waals surface area contributed by atoms with Gasteiger partial charge in [0.2, 0.25) is 0 Å². The summed E-state index contributed by atoms with van der Waals surface area (Å²) >= 11 is 5.65. The molecule has 4 aromatic rings. The molecule has 8 nitrogen and oxygen atoms in total. The van der Waals surface area contributed by atoms with Crippen molar-refractivity contribution in [3.05, 3.63) is 112 Å². The molecule has 190 valence electrons. The van der Waals surface area contributed by atoms with E-state index in [1.807, 2.05) is 53.3 Å². The average molecular weight is 519 g/mol. The first-order valence-corrected chi connectivity index (χ1v) is 12.6. The second-order valence-corrected chi connectivity index (χ2v) is 9.29. The molecule has 5 rings (SSSR count). The summed E-state index contributed by atoms with van der Waals surface area (Å²) in [5.41, 5.74) is 3.29. The van der Waals surface area contributed by atoms with Gasteiger partial charge in [-0.3, -0.25) is 15.0 Å². The Kier molecular flexibility index (Phi) is 7.67. The Hall–Kier alpha value is -3.88. The smallest absolute Gasteiger partial charge is 0.273 e. The monoisotopic (exact) mass is 518 g/mol. The van der Waals surface area contributed by atoms with Crippen LogP contribution in [0.25, 0.3) is 5.69 Å². The molecule has 2 atom stereocenters. The summed E-state index contributed by atoms with van der Waals surface area (Å²) in [6.45, 7) is 2.38. The van der Waals surface area contributed by atoms with E-state index >= 15 is 0 Å². The lowest BCUT2D eigenvalue weighted by atomic mass is 9.90. The minimum atomic E-state index is -0.402. The van der Waals surface area contributed by atoms with Crippen LogP contribution in [0.3, 0.4) is 0 Å². The van der Waals surface area contributed by atoms with Gasteiger partial charge in [0, 0.05) is 37.8 Å². The molecule has 0 bridgehead atoms. The zero-order valence-electron chi connectivity index (χ0n) is 20.2. The summed E-state index contributed by atoms with van der Waals surface area (Å²) in [6.07, 6.45) is 4.62. The number of ether oxygens (including phenoxy) is 2. The van der Waals surface area contributed by atoms with Gasteiger partial charge in [0.05, 0.1) is 22.9 Å². The zero-order valence-corrected chi connectivity index (χ0v) is 20.9. The number of benzene rings is 3. The number of hydrogen-bond acceptors (Lipinski definition) is 6. The van der Waals surface area contributed by atoms with Crippen LogP contribution >= 0.6 is 11.6 Å². The number of hydrogen-bond donors (Lipinski definition) is 0. The molecule has 0 saturated carbocycles. The predicted octanol–water partition coefficient (Wildman–Crippen LogP) is 5.79. The summed E-state index contributed by atoms with van der Waals surface area (Å²) < 4.78 is 13.5. The molecule has 2 heterocycles. The molecule has 0 aliphatic carbocycles. The summed E-state index contributed by atoms with van der Waals surface area (Å²) in [5.74, 6) is 1.40. The summed E-state index contributed by atoms with van der Waals surface area (Å²) in [7, 11) is 0. The number of piperidine rings is 1. The van der Waals surface area contributed by atoms with Crippen LogP contribution in [0.15, 0.2) is 91.3 Å². The molecular weight excluding hydrogens is 492 g/mol. The molecular formula is C28H27ClN4O4. The normalized spacial score (nSPS) is 17.9. The zero-order chi connectivity index (χ0) is 25.6. The molecule has 1 aromatic heterocycles. The fourth-order valence-electron chi connectivity index (χ4n) is 4.75. The number of alkyl halides is 1. The molecule has 0 N–H and O–H groups in total. The van der Waals surface area contributed by atoms with Crippen molar-refractivity contribution >= 4 is 17.3 Å². The van der Waals surface area contributed by atoms with Crippen LogP contribution in [-0.2, 0) is 6.54 Å². The van der Waals surface area contributed by atoms with Gasteiger partial charge in [-0.15, -0.1) is 0 Å². The van der Waals surface area contributed by atoms with Gasteiger partial charge in [0.1, 0.15) is 17.6 Å². The van der Waals surface area contributed by atoms with Crippen molar-refractivity contribution in [1.82, 2.24) is 14.7 Å². The SMILES string of the molecule is O=[N+]([O-])c1cccc(OC2CC(c3cnn(-c4ccc(OCCl)cc4)c3)CN(Cc3ccccc3)C2)c1. The van der Waals surface area contributed by atoms with Crippen LogP contribution in [-0.4, -0.2) is 44.9 Å². The highest BCUT2D eigenvalue weighted by Crippen LogP contribution is 2.31. The van der Waals surface area contributed by atoms with Crippen LogP contribution in [0.5, 0.6) is 11.5 Å². The maximum Gasteiger partial charge on any atom is 0.273 e. The quantitative estimate of drug-likeness (QED) is 0.158. The van der Waals surface area contributed by atoms with Gasteiger partial charge in [-0.25, -0.2) is 4.68 Å². The van der Waals surface area contributed by atoms with Gasteiger partial charge >= 0.3 is 0 Å². The van der Waals surface area contributed by atoms with Crippen LogP contribution in [0, 0.1) is 10.1 Å². The van der Waals surface area contributed by atoms with Crippen molar-refractivity contribution in [1.29, 1.82) is 0 Å². The number of nitro groups is 1. The number of nitro benzene ring substituents is 1. The molecule has 1 saturated heterocycles. The van der Waals surface area contributed by atoms with Crippen molar-refractivity contribution in [2.24, 2.45) is 0 Å². The number of aromatic nitrogens is 2. The van der Waals surface area contributed by atoms with Gasteiger partial charge in [-0.1, -0.05) is 48.0 Å². The van der Waals surface area contributed by atoms with Crippen molar-refractivity contribution < 1.29 is 14.4 Å². The molecule has 1 aliphatic rings. The van der Waals surface area contributed by atoms with Crippen molar-refractivity contribution in [3.8, 4) is 17.2 Å². The first kappa shape index (κ1) is 24.8. The average Bonchev–Trinajstić information content (AvgIpc) is 3.41. The Labute approximate surface area is 220 Å². The number of rotatable bonds is 9. The van der Waals surface area contributed by atoms with Crippen molar-refractivity contribution in [2.45, 2.75) is 25.0 Å². The van der Waals surface area contributed by atoms with Crippen LogP contribution < -0.4 is 9.47 Å². The van der Waals surface area contributed by atoms with Gasteiger partial charge in [-0.05, 0) is 47.9 Å². The Morgan fingerprint density at radius 2 is 1.81 bits per heavy atom. The minimum absolute atomic E-state index is 0.0229. The van der Waals surface area contributed by atoms with Gasteiger partial charge in [0.25, 0.3) is 5.69 Å². The highest BCUT2D eigenvalue weighted by molar-refractivity contribution is 6.17. The van der Waals surface area contributed by atoms with E-state index in [4.69, 9.17) is 21.1 Å². The molecule has 1 fully saturated rings. The van der Waals surface area contributed by atoms with Crippen molar-refractivity contribution in [3.63, 3.8) is 0 Å². The summed E-state index contributed by atoms with van der Waals surface area (Å²) in [4.78, 5) is 13.2. The summed E-state index contributed by atoms with van der Waals surface area (Å²) in [5, 5.41) is 15.8. The Morgan fingerprint density at radius 1 is 1.00 bits per heavy atom. The highest BCUT2D eigenvalue weighted by Gasteiger charge is 2.31. The second-order valence-electron chi connectivity index (χ2n) is 9.07. The Balaban J connectivity index is 1.36. The molecule has 0 amide bonds. The summed E-state index contributed by atoms with van der Waals surface area (Å²) in [6, 6.07) is 24.4. The lowest BCUT2D eigenvalue weighted by Gasteiger charge is -2.37. The van der Waals surface area contributed by atoms with E-state index in [9.17, 15) is 10.1 Å². The van der Waals surface area contributed by atoms with E-state index in [1.54, 1.807) is 12.1 Å². The van der Waals surface area contributed by atoms with E-state index in [-0.39, 0.29) is 23.8 Å². The van der Waals surface area contributed by atoms with E-state index in [0.717, 1.165) is 37.3 Å². The van der Waals surface area contributed by atoms with E-state index in [0.29, 0.717) is 11.5 Å². The Bertz CT molecular complexity index is 1330.